The summed E-state index contributed by atoms with van der Waals surface area (Å²) in [5, 5.41) is 8.24. The number of likely N-dealkylation sites (N-methyl/N-ethyl adjacent to an activating group) is 1. The Kier molecular flexibility index (Phi) is 5.30. The SMILES string of the molecule is COc1cc2nn(C3CCC4(CC3)COC(=O)N4C)cc2cc1C(=O)Nc1cccn(C)c1=O. The molecule has 0 unspecified atom stereocenters. The average molecular weight is 466 g/mol. The van der Waals surface area contributed by atoms with Gasteiger partial charge in [-0.1, -0.05) is 0 Å². The summed E-state index contributed by atoms with van der Waals surface area (Å²) in [6.07, 6.45) is 6.75. The highest BCUT2D eigenvalue weighted by Crippen LogP contribution is 2.41. The molecule has 0 radical (unpaired) electrons. The van der Waals surface area contributed by atoms with Crippen molar-refractivity contribution in [3.05, 3.63) is 52.6 Å². The van der Waals surface area contributed by atoms with E-state index < -0.39 is 5.91 Å². The number of methoxy groups -OCH3 is 1. The maximum atomic E-state index is 13.0. The fourth-order valence-corrected chi connectivity index (χ4v) is 4.95. The Balaban J connectivity index is 1.39. The van der Waals surface area contributed by atoms with Gasteiger partial charge in [0.2, 0.25) is 0 Å². The molecular formula is C24H27N5O5. The van der Waals surface area contributed by atoms with Gasteiger partial charge >= 0.3 is 6.09 Å². The highest BCUT2D eigenvalue weighted by atomic mass is 16.6. The Morgan fingerprint density at radius 3 is 2.68 bits per heavy atom. The van der Waals surface area contributed by atoms with Crippen molar-refractivity contribution in [2.75, 3.05) is 26.1 Å². The predicted octanol–water partition coefficient (Wildman–Crippen LogP) is 2.93. The summed E-state index contributed by atoms with van der Waals surface area (Å²) < 4.78 is 14.1. The minimum atomic E-state index is -0.427. The quantitative estimate of drug-likeness (QED) is 0.635. The van der Waals surface area contributed by atoms with Gasteiger partial charge in [0.25, 0.3) is 11.5 Å². The van der Waals surface area contributed by atoms with Crippen LogP contribution >= 0.6 is 0 Å². The normalized spacial score (nSPS) is 22.3. The van der Waals surface area contributed by atoms with Gasteiger partial charge in [0.15, 0.2) is 0 Å². The van der Waals surface area contributed by atoms with Gasteiger partial charge < -0.3 is 24.3 Å². The van der Waals surface area contributed by atoms with Crippen molar-refractivity contribution in [1.82, 2.24) is 19.2 Å². The van der Waals surface area contributed by atoms with Crippen LogP contribution in [0.2, 0.25) is 0 Å². The van der Waals surface area contributed by atoms with Crippen molar-refractivity contribution in [3.63, 3.8) is 0 Å². The van der Waals surface area contributed by atoms with Gasteiger partial charge in [-0.05, 0) is 43.9 Å². The van der Waals surface area contributed by atoms with Crippen LogP contribution in [-0.4, -0.2) is 57.6 Å². The van der Waals surface area contributed by atoms with Gasteiger partial charge in [0, 0.05) is 37.9 Å². The standard InChI is InChI=1S/C24H27N5O5/c1-27-10-4-5-18(22(27)31)25-21(30)17-11-15-13-29(26-19(15)12-20(17)33-3)16-6-8-24(9-7-16)14-34-23(32)28(24)2/h4-5,10-13,16H,6-9,14H2,1-3H3,(H,25,30). The Labute approximate surface area is 196 Å². The summed E-state index contributed by atoms with van der Waals surface area (Å²) in [6, 6.07) is 6.94. The van der Waals surface area contributed by atoms with Crippen molar-refractivity contribution in [2.45, 2.75) is 37.3 Å². The summed E-state index contributed by atoms with van der Waals surface area (Å²) in [5.41, 5.74) is 0.734. The number of carbonyl (C=O) groups excluding carboxylic acids is 2. The number of hydrogen-bond donors (Lipinski definition) is 1. The molecular weight excluding hydrogens is 438 g/mol. The number of aryl methyl sites for hydroxylation is 1. The summed E-state index contributed by atoms with van der Waals surface area (Å²) in [4.78, 5) is 38.9. The zero-order valence-corrected chi connectivity index (χ0v) is 19.4. The molecule has 3 aromatic rings. The maximum Gasteiger partial charge on any atom is 0.410 e. The number of fused-ring (bicyclic) bond motifs is 1. The van der Waals surface area contributed by atoms with E-state index in [-0.39, 0.29) is 28.9 Å². The van der Waals surface area contributed by atoms with E-state index in [9.17, 15) is 14.4 Å². The average Bonchev–Trinajstić information content (AvgIpc) is 3.38. The second-order valence-electron chi connectivity index (χ2n) is 9.08. The number of benzene rings is 1. The molecule has 2 aliphatic rings. The van der Waals surface area contributed by atoms with E-state index >= 15 is 0 Å². The Morgan fingerprint density at radius 1 is 1.24 bits per heavy atom. The summed E-state index contributed by atoms with van der Waals surface area (Å²) in [6.45, 7) is 0.441. The predicted molar refractivity (Wildman–Crippen MR) is 125 cm³/mol. The second-order valence-corrected chi connectivity index (χ2v) is 9.08. The van der Waals surface area contributed by atoms with Crippen molar-refractivity contribution in [2.24, 2.45) is 7.05 Å². The summed E-state index contributed by atoms with van der Waals surface area (Å²) >= 11 is 0. The van der Waals surface area contributed by atoms with Gasteiger partial charge in [-0.15, -0.1) is 0 Å². The van der Waals surface area contributed by atoms with Crippen LogP contribution < -0.4 is 15.6 Å². The minimum absolute atomic E-state index is 0.192. The number of ether oxygens (including phenoxy) is 2. The van der Waals surface area contributed by atoms with Gasteiger partial charge in [0.1, 0.15) is 18.0 Å². The number of carbonyl (C=O) groups is 2. The first-order chi connectivity index (χ1) is 16.3. The molecule has 1 saturated carbocycles. The number of pyridine rings is 1. The number of amides is 2. The molecule has 3 heterocycles. The van der Waals surface area contributed by atoms with Gasteiger partial charge in [-0.3, -0.25) is 14.3 Å². The molecule has 0 atom stereocenters. The lowest BCUT2D eigenvalue weighted by molar-refractivity contribution is 0.102. The van der Waals surface area contributed by atoms with Gasteiger partial charge in [-0.2, -0.15) is 5.10 Å². The lowest BCUT2D eigenvalue weighted by Crippen LogP contribution is -2.47. The van der Waals surface area contributed by atoms with Crippen LogP contribution in [0, 0.1) is 0 Å². The number of nitrogens with zero attached hydrogens (tertiary/aromatic N) is 4. The Hall–Kier alpha value is -3.82. The first kappa shape index (κ1) is 22.0. The minimum Gasteiger partial charge on any atom is -0.496 e. The molecule has 10 nitrogen and oxygen atoms in total. The van der Waals surface area contributed by atoms with E-state index in [1.54, 1.807) is 42.4 Å². The third-order valence-electron chi connectivity index (χ3n) is 7.17. The van der Waals surface area contributed by atoms with Crippen LogP contribution in [0.3, 0.4) is 0 Å². The fourth-order valence-electron chi connectivity index (χ4n) is 4.95. The van der Waals surface area contributed by atoms with E-state index in [1.165, 1.54) is 11.7 Å². The molecule has 2 aromatic heterocycles. The molecule has 5 rings (SSSR count). The van der Waals surface area contributed by atoms with E-state index in [0.717, 1.165) is 36.6 Å². The summed E-state index contributed by atoms with van der Waals surface area (Å²) in [5.74, 6) is -0.0443. The molecule has 0 bridgehead atoms. The first-order valence-electron chi connectivity index (χ1n) is 11.3. The monoisotopic (exact) mass is 465 g/mol. The molecule has 1 aliphatic carbocycles. The Bertz CT molecular complexity index is 1340. The van der Waals surface area contributed by atoms with Crippen LogP contribution in [0.25, 0.3) is 10.9 Å². The highest BCUT2D eigenvalue weighted by Gasteiger charge is 2.47. The van der Waals surface area contributed by atoms with E-state index in [4.69, 9.17) is 14.6 Å². The number of anilines is 1. The molecule has 2 fully saturated rings. The number of aromatic nitrogens is 3. The number of hydrogen-bond acceptors (Lipinski definition) is 6. The highest BCUT2D eigenvalue weighted by molar-refractivity contribution is 6.08. The van der Waals surface area contributed by atoms with E-state index in [1.807, 2.05) is 17.9 Å². The Morgan fingerprint density at radius 2 is 2.00 bits per heavy atom. The third-order valence-corrected chi connectivity index (χ3v) is 7.17. The molecule has 178 valence electrons. The van der Waals surface area contributed by atoms with Crippen LogP contribution in [-0.2, 0) is 11.8 Å². The van der Waals surface area contributed by atoms with E-state index in [2.05, 4.69) is 5.32 Å². The number of cyclic esters (lactones) is 1. The van der Waals surface area contributed by atoms with Crippen molar-refractivity contribution in [1.29, 1.82) is 0 Å². The van der Waals surface area contributed by atoms with Crippen LogP contribution in [0.1, 0.15) is 42.1 Å². The van der Waals surface area contributed by atoms with Crippen LogP contribution in [0.15, 0.2) is 41.5 Å². The number of nitrogens with one attached hydrogen (secondary N) is 1. The lowest BCUT2D eigenvalue weighted by atomic mass is 9.79. The molecule has 1 spiro atoms. The van der Waals surface area contributed by atoms with Crippen molar-refractivity contribution < 1.29 is 19.1 Å². The molecule has 1 N–H and O–H groups in total. The lowest BCUT2D eigenvalue weighted by Gasteiger charge is -2.39. The molecule has 2 amide bonds. The van der Waals surface area contributed by atoms with Crippen LogP contribution in [0.4, 0.5) is 10.5 Å². The van der Waals surface area contributed by atoms with Crippen molar-refractivity contribution >= 4 is 28.6 Å². The second kappa shape index (κ2) is 8.19. The third kappa shape index (κ3) is 3.59. The fraction of sp³-hybridized carbons (Fsp3) is 0.417. The smallest absolute Gasteiger partial charge is 0.410 e. The van der Waals surface area contributed by atoms with Crippen LogP contribution in [0.5, 0.6) is 5.75 Å². The first-order valence-corrected chi connectivity index (χ1v) is 11.3. The zero-order valence-electron chi connectivity index (χ0n) is 19.4. The zero-order chi connectivity index (χ0) is 24.0. The maximum absolute atomic E-state index is 13.0. The van der Waals surface area contributed by atoms with Gasteiger partial charge in [-0.25, -0.2) is 4.79 Å². The topological polar surface area (TPSA) is 108 Å². The molecule has 1 saturated heterocycles. The largest absolute Gasteiger partial charge is 0.496 e. The summed E-state index contributed by atoms with van der Waals surface area (Å²) in [7, 11) is 4.93. The molecule has 1 aliphatic heterocycles. The molecule has 1 aromatic carbocycles. The van der Waals surface area contributed by atoms with E-state index in [0.29, 0.717) is 17.9 Å². The molecule has 34 heavy (non-hydrogen) atoms. The molecule has 10 heteroatoms. The van der Waals surface area contributed by atoms with Crippen molar-refractivity contribution in [3.8, 4) is 5.75 Å². The van der Waals surface area contributed by atoms with Gasteiger partial charge in [0.05, 0.1) is 29.8 Å². The number of rotatable bonds is 4.